The second kappa shape index (κ2) is 9.14. The van der Waals surface area contributed by atoms with Gasteiger partial charge in [-0.25, -0.2) is 0 Å². The molecule has 1 fully saturated rings. The topological polar surface area (TPSA) is 84.4 Å². The Hall–Kier alpha value is -2.48. The van der Waals surface area contributed by atoms with Crippen LogP contribution in [-0.4, -0.2) is 35.2 Å². The Balaban J connectivity index is 1.60. The average Bonchev–Trinajstić information content (AvgIpc) is 3.30. The number of nitrogens with one attached hydrogen (secondary N) is 1. The van der Waals surface area contributed by atoms with Gasteiger partial charge in [-0.1, -0.05) is 31.6 Å². The number of aromatic nitrogens is 2. The standard InChI is InChI=1S/C20H26N4O3S/c1-4-6-13(3)19-22-23-20(28-19)21-18(26)14-11-17(25)24(12-14)15-7-9-16(10-8-15)27-5-2/h7-10,13-14H,4-6,11-12H2,1-3H3,(H,21,23,26)/t13-,14+/m1/s1. The molecule has 2 atom stereocenters. The maximum atomic E-state index is 12.6. The fraction of sp³-hybridized carbons (Fsp3) is 0.500. The van der Waals surface area contributed by atoms with E-state index in [0.29, 0.717) is 24.2 Å². The largest absolute Gasteiger partial charge is 0.494 e. The lowest BCUT2D eigenvalue weighted by Crippen LogP contribution is -2.28. The van der Waals surface area contributed by atoms with E-state index in [2.05, 4.69) is 29.4 Å². The van der Waals surface area contributed by atoms with Gasteiger partial charge in [0.05, 0.1) is 12.5 Å². The second-order valence-electron chi connectivity index (χ2n) is 6.96. The summed E-state index contributed by atoms with van der Waals surface area (Å²) in [6, 6.07) is 7.35. The third-order valence-electron chi connectivity index (χ3n) is 4.77. The number of nitrogens with zero attached hydrogens (tertiary/aromatic N) is 3. The molecule has 8 heteroatoms. The normalized spacial score (nSPS) is 17.6. The van der Waals surface area contributed by atoms with Crippen molar-refractivity contribution in [2.75, 3.05) is 23.4 Å². The minimum atomic E-state index is -0.403. The fourth-order valence-corrected chi connectivity index (χ4v) is 4.10. The lowest BCUT2D eigenvalue weighted by atomic mass is 10.1. The molecule has 1 N–H and O–H groups in total. The molecule has 0 radical (unpaired) electrons. The van der Waals surface area contributed by atoms with Crippen molar-refractivity contribution in [3.63, 3.8) is 0 Å². The molecule has 2 heterocycles. The van der Waals surface area contributed by atoms with Crippen molar-refractivity contribution >= 4 is 34.0 Å². The molecule has 0 unspecified atom stereocenters. The van der Waals surface area contributed by atoms with E-state index in [0.717, 1.165) is 29.3 Å². The van der Waals surface area contributed by atoms with Crippen LogP contribution in [0.3, 0.4) is 0 Å². The smallest absolute Gasteiger partial charge is 0.231 e. The van der Waals surface area contributed by atoms with Gasteiger partial charge in [0.1, 0.15) is 10.8 Å². The van der Waals surface area contributed by atoms with E-state index in [4.69, 9.17) is 4.74 Å². The minimum absolute atomic E-state index is 0.0566. The Kier molecular flexibility index (Phi) is 6.61. The Morgan fingerprint density at radius 2 is 2.07 bits per heavy atom. The van der Waals surface area contributed by atoms with Crippen molar-refractivity contribution in [2.24, 2.45) is 5.92 Å². The lowest BCUT2D eigenvalue weighted by Gasteiger charge is -2.17. The monoisotopic (exact) mass is 402 g/mol. The minimum Gasteiger partial charge on any atom is -0.494 e. The molecule has 7 nitrogen and oxygen atoms in total. The molecule has 2 amide bonds. The van der Waals surface area contributed by atoms with Crippen molar-refractivity contribution in [3.8, 4) is 5.75 Å². The van der Waals surface area contributed by atoms with Crippen LogP contribution >= 0.6 is 11.3 Å². The van der Waals surface area contributed by atoms with Gasteiger partial charge in [-0.3, -0.25) is 9.59 Å². The van der Waals surface area contributed by atoms with Gasteiger partial charge >= 0.3 is 0 Å². The van der Waals surface area contributed by atoms with Gasteiger partial charge in [0.2, 0.25) is 16.9 Å². The number of carbonyl (C=O) groups is 2. The predicted octanol–water partition coefficient (Wildman–Crippen LogP) is 3.83. The summed E-state index contributed by atoms with van der Waals surface area (Å²) in [6.07, 6.45) is 2.31. The van der Waals surface area contributed by atoms with Crippen molar-refractivity contribution in [1.82, 2.24) is 10.2 Å². The number of carbonyl (C=O) groups excluding carboxylic acids is 2. The molecule has 0 bridgehead atoms. The molecule has 1 aliphatic heterocycles. The molecule has 1 aromatic carbocycles. The second-order valence-corrected chi connectivity index (χ2v) is 7.97. The van der Waals surface area contributed by atoms with Crippen molar-refractivity contribution < 1.29 is 14.3 Å². The molecule has 1 aliphatic rings. The molecule has 0 spiro atoms. The van der Waals surface area contributed by atoms with Crippen LogP contribution in [-0.2, 0) is 9.59 Å². The van der Waals surface area contributed by atoms with Crippen LogP contribution in [0, 0.1) is 5.92 Å². The number of ether oxygens (including phenoxy) is 1. The van der Waals surface area contributed by atoms with E-state index >= 15 is 0 Å². The van der Waals surface area contributed by atoms with Gasteiger partial charge < -0.3 is 15.0 Å². The van der Waals surface area contributed by atoms with E-state index in [-0.39, 0.29) is 18.2 Å². The van der Waals surface area contributed by atoms with Gasteiger partial charge in [-0.2, -0.15) is 0 Å². The molecular formula is C20H26N4O3S. The molecule has 0 saturated carbocycles. The maximum absolute atomic E-state index is 12.6. The average molecular weight is 403 g/mol. The quantitative estimate of drug-likeness (QED) is 0.725. The highest BCUT2D eigenvalue weighted by Crippen LogP contribution is 2.29. The molecule has 0 aliphatic carbocycles. The van der Waals surface area contributed by atoms with Gasteiger partial charge in [-0.15, -0.1) is 10.2 Å². The lowest BCUT2D eigenvalue weighted by molar-refractivity contribution is -0.122. The molecular weight excluding hydrogens is 376 g/mol. The molecule has 2 aromatic rings. The highest BCUT2D eigenvalue weighted by molar-refractivity contribution is 7.15. The first kappa shape index (κ1) is 20.3. The van der Waals surface area contributed by atoms with Crippen LogP contribution < -0.4 is 15.0 Å². The summed E-state index contributed by atoms with van der Waals surface area (Å²) in [5.41, 5.74) is 0.773. The highest BCUT2D eigenvalue weighted by Gasteiger charge is 2.35. The molecule has 150 valence electrons. The zero-order valence-electron chi connectivity index (χ0n) is 16.5. The Morgan fingerprint density at radius 1 is 1.32 bits per heavy atom. The van der Waals surface area contributed by atoms with Gasteiger partial charge in [0, 0.05) is 24.6 Å². The summed E-state index contributed by atoms with van der Waals surface area (Å²) in [7, 11) is 0. The van der Waals surface area contributed by atoms with E-state index in [1.807, 2.05) is 31.2 Å². The first-order valence-electron chi connectivity index (χ1n) is 9.69. The third kappa shape index (κ3) is 4.67. The molecule has 1 saturated heterocycles. The van der Waals surface area contributed by atoms with Crippen LogP contribution in [0.5, 0.6) is 5.75 Å². The van der Waals surface area contributed by atoms with E-state index in [9.17, 15) is 9.59 Å². The number of hydrogen-bond donors (Lipinski definition) is 1. The van der Waals surface area contributed by atoms with Crippen molar-refractivity contribution in [3.05, 3.63) is 29.3 Å². The zero-order chi connectivity index (χ0) is 20.1. The summed E-state index contributed by atoms with van der Waals surface area (Å²) in [4.78, 5) is 26.7. The van der Waals surface area contributed by atoms with Crippen LogP contribution in [0.25, 0.3) is 0 Å². The van der Waals surface area contributed by atoms with Crippen LogP contribution in [0.1, 0.15) is 51.0 Å². The molecule has 3 rings (SSSR count). The van der Waals surface area contributed by atoms with E-state index in [1.165, 1.54) is 11.3 Å². The van der Waals surface area contributed by atoms with E-state index < -0.39 is 5.92 Å². The van der Waals surface area contributed by atoms with Gasteiger partial charge in [0.15, 0.2) is 0 Å². The number of rotatable bonds is 8. The Bertz CT molecular complexity index is 821. The summed E-state index contributed by atoms with van der Waals surface area (Å²) >= 11 is 1.41. The number of amides is 2. The predicted molar refractivity (Wildman–Crippen MR) is 110 cm³/mol. The fourth-order valence-electron chi connectivity index (χ4n) is 3.27. The summed E-state index contributed by atoms with van der Waals surface area (Å²) in [5, 5.41) is 12.5. The first-order valence-corrected chi connectivity index (χ1v) is 10.5. The van der Waals surface area contributed by atoms with Crippen LogP contribution in [0.4, 0.5) is 10.8 Å². The third-order valence-corrected chi connectivity index (χ3v) is 5.84. The number of anilines is 2. The molecule has 28 heavy (non-hydrogen) atoms. The highest BCUT2D eigenvalue weighted by atomic mass is 32.1. The first-order chi connectivity index (χ1) is 13.5. The SMILES string of the molecule is CCC[C@@H](C)c1nnc(NC(=O)[C@H]2CC(=O)N(c3ccc(OCC)cc3)C2)s1. The Labute approximate surface area is 169 Å². The van der Waals surface area contributed by atoms with Crippen LogP contribution in [0.2, 0.25) is 0 Å². The van der Waals surface area contributed by atoms with Crippen molar-refractivity contribution in [2.45, 2.75) is 46.0 Å². The van der Waals surface area contributed by atoms with Crippen molar-refractivity contribution in [1.29, 1.82) is 0 Å². The number of hydrogen-bond acceptors (Lipinski definition) is 6. The summed E-state index contributed by atoms with van der Waals surface area (Å²) in [5.74, 6) is 0.443. The summed E-state index contributed by atoms with van der Waals surface area (Å²) in [6.45, 7) is 7.12. The van der Waals surface area contributed by atoms with E-state index in [1.54, 1.807) is 4.90 Å². The molecule has 1 aromatic heterocycles. The zero-order valence-corrected chi connectivity index (χ0v) is 17.3. The maximum Gasteiger partial charge on any atom is 0.231 e. The number of benzene rings is 1. The summed E-state index contributed by atoms with van der Waals surface area (Å²) < 4.78 is 5.43. The Morgan fingerprint density at radius 3 is 2.75 bits per heavy atom. The van der Waals surface area contributed by atoms with Gasteiger partial charge in [0.25, 0.3) is 0 Å². The van der Waals surface area contributed by atoms with Gasteiger partial charge in [-0.05, 0) is 37.6 Å². The van der Waals surface area contributed by atoms with Crippen LogP contribution in [0.15, 0.2) is 24.3 Å².